The molecule has 0 unspecified atom stereocenters. The van der Waals surface area contributed by atoms with Crippen LogP contribution in [0.15, 0.2) is 36.4 Å². The normalized spacial score (nSPS) is 12.8. The third-order valence-corrected chi connectivity index (χ3v) is 4.81. The van der Waals surface area contributed by atoms with E-state index in [1.165, 1.54) is 21.3 Å². The van der Waals surface area contributed by atoms with Gasteiger partial charge in [0.2, 0.25) is 5.75 Å². The van der Waals surface area contributed by atoms with Gasteiger partial charge >= 0.3 is 0 Å². The fourth-order valence-corrected chi connectivity index (χ4v) is 3.03. The molecule has 2 aromatic rings. The van der Waals surface area contributed by atoms with Crippen molar-refractivity contribution in [2.24, 2.45) is 0 Å². The SMILES string of the molecule is COc1cc(C(=O)N(C)Cc2ccc(C(=O)NC3CC3)cc2)cc(OC)c1OC. The van der Waals surface area contributed by atoms with Crippen LogP contribution < -0.4 is 19.5 Å². The van der Waals surface area contributed by atoms with E-state index >= 15 is 0 Å². The van der Waals surface area contributed by atoms with Crippen LogP contribution in [-0.2, 0) is 6.54 Å². The predicted molar refractivity (Wildman–Crippen MR) is 109 cm³/mol. The van der Waals surface area contributed by atoms with Crippen molar-refractivity contribution in [3.63, 3.8) is 0 Å². The van der Waals surface area contributed by atoms with Crippen LogP contribution in [0.25, 0.3) is 0 Å². The van der Waals surface area contributed by atoms with Crippen molar-refractivity contribution < 1.29 is 23.8 Å². The van der Waals surface area contributed by atoms with E-state index in [1.807, 2.05) is 12.1 Å². The lowest BCUT2D eigenvalue weighted by Gasteiger charge is -2.19. The van der Waals surface area contributed by atoms with E-state index < -0.39 is 0 Å². The first-order chi connectivity index (χ1) is 14.0. The van der Waals surface area contributed by atoms with E-state index in [2.05, 4.69) is 5.32 Å². The van der Waals surface area contributed by atoms with Crippen molar-refractivity contribution >= 4 is 11.8 Å². The van der Waals surface area contributed by atoms with Crippen molar-refractivity contribution in [2.75, 3.05) is 28.4 Å². The van der Waals surface area contributed by atoms with Crippen LogP contribution in [0.4, 0.5) is 0 Å². The number of hydrogen-bond acceptors (Lipinski definition) is 5. The minimum Gasteiger partial charge on any atom is -0.493 e. The van der Waals surface area contributed by atoms with Crippen LogP contribution in [0.5, 0.6) is 17.2 Å². The molecule has 7 nitrogen and oxygen atoms in total. The van der Waals surface area contributed by atoms with Crippen molar-refractivity contribution in [1.29, 1.82) is 0 Å². The van der Waals surface area contributed by atoms with Crippen LogP contribution >= 0.6 is 0 Å². The molecule has 1 saturated carbocycles. The number of rotatable bonds is 8. The van der Waals surface area contributed by atoms with Crippen LogP contribution in [0, 0.1) is 0 Å². The molecule has 0 heterocycles. The molecular formula is C22H26N2O5. The summed E-state index contributed by atoms with van der Waals surface area (Å²) < 4.78 is 15.9. The van der Waals surface area contributed by atoms with E-state index in [-0.39, 0.29) is 11.8 Å². The highest BCUT2D eigenvalue weighted by Gasteiger charge is 2.24. The molecule has 1 aliphatic carbocycles. The number of nitrogens with one attached hydrogen (secondary N) is 1. The summed E-state index contributed by atoms with van der Waals surface area (Å²) in [6.45, 7) is 0.403. The summed E-state index contributed by atoms with van der Waals surface area (Å²) in [6.07, 6.45) is 2.11. The molecule has 0 aliphatic heterocycles. The summed E-state index contributed by atoms with van der Waals surface area (Å²) in [7, 11) is 6.26. The summed E-state index contributed by atoms with van der Waals surface area (Å²) >= 11 is 0. The zero-order valence-corrected chi connectivity index (χ0v) is 17.2. The fraction of sp³-hybridized carbons (Fsp3) is 0.364. The van der Waals surface area contributed by atoms with Gasteiger partial charge in [0.15, 0.2) is 11.5 Å². The molecule has 0 saturated heterocycles. The van der Waals surface area contributed by atoms with E-state index in [9.17, 15) is 9.59 Å². The van der Waals surface area contributed by atoms with Crippen molar-refractivity contribution in [2.45, 2.75) is 25.4 Å². The molecule has 0 spiro atoms. The number of benzene rings is 2. The first kappa shape index (κ1) is 20.5. The maximum atomic E-state index is 12.9. The Morgan fingerprint density at radius 2 is 1.55 bits per heavy atom. The van der Waals surface area contributed by atoms with Gasteiger partial charge in [-0.1, -0.05) is 12.1 Å². The van der Waals surface area contributed by atoms with Crippen LogP contribution in [0.3, 0.4) is 0 Å². The van der Waals surface area contributed by atoms with Crippen molar-refractivity contribution in [1.82, 2.24) is 10.2 Å². The molecular weight excluding hydrogens is 372 g/mol. The Kier molecular flexibility index (Phi) is 6.26. The van der Waals surface area contributed by atoms with Crippen molar-refractivity contribution in [3.05, 3.63) is 53.1 Å². The van der Waals surface area contributed by atoms with E-state index in [0.717, 1.165) is 18.4 Å². The van der Waals surface area contributed by atoms with Crippen LogP contribution in [0.1, 0.15) is 39.1 Å². The Labute approximate surface area is 170 Å². The second kappa shape index (κ2) is 8.86. The van der Waals surface area contributed by atoms with E-state index in [4.69, 9.17) is 14.2 Å². The molecule has 0 bridgehead atoms. The molecule has 154 valence electrons. The molecule has 0 radical (unpaired) electrons. The standard InChI is InChI=1S/C22H26N2O5/c1-24(13-14-5-7-15(8-6-14)21(25)23-17-9-10-17)22(26)16-11-18(27-2)20(29-4)19(12-16)28-3/h5-8,11-12,17H,9-10,13H2,1-4H3,(H,23,25). The molecule has 3 rings (SSSR count). The third kappa shape index (κ3) is 4.80. The Morgan fingerprint density at radius 3 is 2.03 bits per heavy atom. The number of carbonyl (C=O) groups excluding carboxylic acids is 2. The average molecular weight is 398 g/mol. The molecule has 1 aliphatic rings. The lowest BCUT2D eigenvalue weighted by molar-refractivity contribution is 0.0783. The number of nitrogens with zero attached hydrogens (tertiary/aromatic N) is 1. The Bertz CT molecular complexity index is 866. The minimum atomic E-state index is -0.181. The van der Waals surface area contributed by atoms with Gasteiger partial charge in [-0.15, -0.1) is 0 Å². The predicted octanol–water partition coefficient (Wildman–Crippen LogP) is 2.88. The van der Waals surface area contributed by atoms with Gasteiger partial charge in [0.1, 0.15) is 0 Å². The summed E-state index contributed by atoms with van der Waals surface area (Å²) in [5.41, 5.74) is 1.98. The summed E-state index contributed by atoms with van der Waals surface area (Å²) in [5, 5.41) is 2.96. The molecule has 2 aromatic carbocycles. The number of hydrogen-bond donors (Lipinski definition) is 1. The minimum absolute atomic E-state index is 0.0547. The lowest BCUT2D eigenvalue weighted by atomic mass is 10.1. The highest BCUT2D eigenvalue weighted by atomic mass is 16.5. The second-order valence-corrected chi connectivity index (χ2v) is 7.02. The zero-order chi connectivity index (χ0) is 21.0. The second-order valence-electron chi connectivity index (χ2n) is 7.02. The largest absolute Gasteiger partial charge is 0.493 e. The van der Waals surface area contributed by atoms with Gasteiger partial charge in [-0.25, -0.2) is 0 Å². The van der Waals surface area contributed by atoms with Gasteiger partial charge in [0.25, 0.3) is 11.8 Å². The van der Waals surface area contributed by atoms with Gasteiger partial charge < -0.3 is 24.4 Å². The Balaban J connectivity index is 1.70. The molecule has 7 heteroatoms. The number of amides is 2. The van der Waals surface area contributed by atoms with Gasteiger partial charge in [-0.3, -0.25) is 9.59 Å². The number of carbonyl (C=O) groups is 2. The smallest absolute Gasteiger partial charge is 0.254 e. The number of ether oxygens (including phenoxy) is 3. The summed E-state index contributed by atoms with van der Waals surface area (Å²) in [6, 6.07) is 10.9. The lowest BCUT2D eigenvalue weighted by Crippen LogP contribution is -2.27. The molecule has 0 aromatic heterocycles. The maximum absolute atomic E-state index is 12.9. The molecule has 29 heavy (non-hydrogen) atoms. The van der Waals surface area contributed by atoms with Gasteiger partial charge in [0, 0.05) is 30.8 Å². The third-order valence-electron chi connectivity index (χ3n) is 4.81. The highest BCUT2D eigenvalue weighted by molar-refractivity contribution is 5.96. The first-order valence-corrected chi connectivity index (χ1v) is 9.42. The average Bonchev–Trinajstić information content (AvgIpc) is 3.56. The summed E-state index contributed by atoms with van der Waals surface area (Å²) in [5.74, 6) is 1.05. The molecule has 1 N–H and O–H groups in total. The molecule has 1 fully saturated rings. The van der Waals surface area contributed by atoms with Gasteiger partial charge in [-0.05, 0) is 42.7 Å². The summed E-state index contributed by atoms with van der Waals surface area (Å²) in [4.78, 5) is 26.6. The van der Waals surface area contributed by atoms with Gasteiger partial charge in [0.05, 0.1) is 21.3 Å². The quantitative estimate of drug-likeness (QED) is 0.740. The fourth-order valence-electron chi connectivity index (χ4n) is 3.03. The Morgan fingerprint density at radius 1 is 0.966 bits per heavy atom. The Hall–Kier alpha value is -3.22. The monoisotopic (exact) mass is 398 g/mol. The molecule has 2 amide bonds. The first-order valence-electron chi connectivity index (χ1n) is 9.42. The highest BCUT2D eigenvalue weighted by Crippen LogP contribution is 2.38. The topological polar surface area (TPSA) is 77.1 Å². The van der Waals surface area contributed by atoms with Crippen LogP contribution in [0.2, 0.25) is 0 Å². The van der Waals surface area contributed by atoms with Crippen LogP contribution in [-0.4, -0.2) is 51.1 Å². The maximum Gasteiger partial charge on any atom is 0.254 e. The van der Waals surface area contributed by atoms with Crippen molar-refractivity contribution in [3.8, 4) is 17.2 Å². The zero-order valence-electron chi connectivity index (χ0n) is 17.2. The van der Waals surface area contributed by atoms with E-state index in [1.54, 1.807) is 36.2 Å². The molecule has 0 atom stereocenters. The van der Waals surface area contributed by atoms with Gasteiger partial charge in [-0.2, -0.15) is 0 Å². The number of methoxy groups -OCH3 is 3. The van der Waals surface area contributed by atoms with E-state index in [0.29, 0.717) is 41.0 Å².